The van der Waals surface area contributed by atoms with E-state index in [0.717, 1.165) is 37.7 Å². The molecule has 4 heterocycles. The van der Waals surface area contributed by atoms with Crippen LogP contribution < -0.4 is 0 Å². The second-order valence-corrected chi connectivity index (χ2v) is 24.4. The number of ether oxygens (including phenoxy) is 8. The van der Waals surface area contributed by atoms with Crippen molar-refractivity contribution < 1.29 is 104 Å². The van der Waals surface area contributed by atoms with Crippen LogP contribution in [-0.2, 0) is 42.7 Å². The molecule has 8 fully saturated rings. The number of carbonyl (C=O) groups is 1. The van der Waals surface area contributed by atoms with Gasteiger partial charge in [-0.25, -0.2) is 0 Å². The molecular weight excluding hydrogens is 961 g/mol. The van der Waals surface area contributed by atoms with E-state index in [1.54, 1.807) is 0 Å². The van der Waals surface area contributed by atoms with E-state index < -0.39 is 146 Å². The third kappa shape index (κ3) is 10.2. The van der Waals surface area contributed by atoms with Gasteiger partial charge in [0, 0.05) is 5.41 Å². The van der Waals surface area contributed by atoms with Crippen LogP contribution in [0, 0.1) is 45.3 Å². The largest absolute Gasteiger partial charge is 0.394 e. The zero-order chi connectivity index (χ0) is 53.3. The number of rotatable bonds is 15. The average molecular weight is 1050 g/mol. The molecule has 4 aliphatic heterocycles. The van der Waals surface area contributed by atoms with Crippen LogP contribution >= 0.6 is 0 Å². The summed E-state index contributed by atoms with van der Waals surface area (Å²) in [5, 5.41) is 128. The third-order valence-electron chi connectivity index (χ3n) is 19.9. The van der Waals surface area contributed by atoms with Crippen LogP contribution in [0.15, 0.2) is 11.6 Å². The van der Waals surface area contributed by atoms with Gasteiger partial charge in [-0.1, -0.05) is 39.3 Å². The molecule has 0 spiro atoms. The molecule has 0 amide bonds. The van der Waals surface area contributed by atoms with Crippen LogP contribution in [-0.4, -0.2) is 216 Å². The molecule has 0 aromatic carbocycles. The van der Waals surface area contributed by atoms with E-state index >= 15 is 0 Å². The maximum absolute atomic E-state index is 14.1. The van der Waals surface area contributed by atoms with Crippen molar-refractivity contribution in [3.63, 3.8) is 0 Å². The predicted octanol–water partition coefficient (Wildman–Crippen LogP) is -0.716. The minimum atomic E-state index is -1.70. The van der Waals surface area contributed by atoms with E-state index in [2.05, 4.69) is 33.8 Å². The van der Waals surface area contributed by atoms with Crippen LogP contribution in [0.25, 0.3) is 0 Å². The molecule has 4 aliphatic carbocycles. The molecular formula is C52H86O21. The molecule has 27 atom stereocenters. The quantitative estimate of drug-likeness (QED) is 0.0547. The van der Waals surface area contributed by atoms with Gasteiger partial charge in [-0.2, -0.15) is 0 Å². The van der Waals surface area contributed by atoms with Crippen molar-refractivity contribution in [2.24, 2.45) is 45.3 Å². The summed E-state index contributed by atoms with van der Waals surface area (Å²) in [5.41, 5.74) is -1.75. The predicted molar refractivity (Wildman–Crippen MR) is 253 cm³/mol. The molecule has 0 radical (unpaired) electrons. The van der Waals surface area contributed by atoms with Gasteiger partial charge in [-0.15, -0.1) is 0 Å². The molecule has 4 saturated carbocycles. The molecule has 8 aliphatic rings. The first kappa shape index (κ1) is 57.8. The van der Waals surface area contributed by atoms with Gasteiger partial charge >= 0.3 is 0 Å². The fraction of sp³-hybridized carbons (Fsp3) is 0.942. The molecule has 21 heteroatoms. The highest BCUT2D eigenvalue weighted by Crippen LogP contribution is 2.76. The maximum atomic E-state index is 14.1. The van der Waals surface area contributed by atoms with Gasteiger partial charge in [0.05, 0.1) is 38.1 Å². The lowest BCUT2D eigenvalue weighted by atomic mass is 9.35. The Morgan fingerprint density at radius 3 is 1.88 bits per heavy atom. The van der Waals surface area contributed by atoms with Gasteiger partial charge in [0.2, 0.25) is 0 Å². The maximum Gasteiger partial charge on any atom is 0.187 e. The standard InChI is InChI=1S/C52H86O21/c1-24(2)9-8-15-51(7,73-46-42(65)38(61)37(60)30(70-46)22-68-44-40(63)34(57)27(55)20-66-44)26-12-16-49(5)25(26)10-11-32-50(49,6)17-13-31-48(3,4)33(14-18-52(31,32)23-54)71-47-43(39(62)36(59)29(19-53)69-47)72-45-41(64)35(58)28(56)21-67-45/h9,23,25-47,53,55-65H,8,10-22H2,1-7H3/t25-,26-,27+,28-,29+,30+,31-,32-,33-,34-,35-,36+,37+,38-,39-,40+,41+,42+,43+,44-,45-,46-,47-,49+,50+,51-,52+/m0/s1. The van der Waals surface area contributed by atoms with Crippen molar-refractivity contribution in [3.8, 4) is 0 Å². The van der Waals surface area contributed by atoms with Crippen LogP contribution in [0.4, 0.5) is 0 Å². The van der Waals surface area contributed by atoms with Crippen molar-refractivity contribution in [1.29, 1.82) is 0 Å². The number of hydrogen-bond donors (Lipinski definition) is 12. The molecule has 73 heavy (non-hydrogen) atoms. The van der Waals surface area contributed by atoms with Gasteiger partial charge in [0.1, 0.15) is 91.7 Å². The molecule has 0 aromatic heterocycles. The Labute approximate surface area is 427 Å². The van der Waals surface area contributed by atoms with Gasteiger partial charge in [-0.05, 0) is 125 Å². The molecule has 12 N–H and O–H groups in total. The fourth-order valence-corrected chi connectivity index (χ4v) is 15.5. The zero-order valence-corrected chi connectivity index (χ0v) is 43.4. The molecule has 0 aromatic rings. The van der Waals surface area contributed by atoms with Gasteiger partial charge in [0.25, 0.3) is 0 Å². The molecule has 8 rings (SSSR count). The Morgan fingerprint density at radius 2 is 1.23 bits per heavy atom. The summed E-state index contributed by atoms with van der Waals surface area (Å²) in [6, 6.07) is 0. The van der Waals surface area contributed by atoms with Crippen molar-refractivity contribution >= 4 is 6.29 Å². The summed E-state index contributed by atoms with van der Waals surface area (Å²) < 4.78 is 48.6. The molecule has 4 saturated heterocycles. The number of aldehydes is 1. The topological polar surface area (TPSA) is 334 Å². The molecule has 0 bridgehead atoms. The van der Waals surface area contributed by atoms with Gasteiger partial charge in [0.15, 0.2) is 25.2 Å². The Balaban J connectivity index is 1.01. The first-order valence-electron chi connectivity index (χ1n) is 26.6. The first-order valence-corrected chi connectivity index (χ1v) is 26.6. The van der Waals surface area contributed by atoms with E-state index in [4.69, 9.17) is 37.9 Å². The lowest BCUT2D eigenvalue weighted by Gasteiger charge is -2.69. The summed E-state index contributed by atoms with van der Waals surface area (Å²) in [5.74, 6) is -0.0750. The fourth-order valence-electron chi connectivity index (χ4n) is 15.5. The SMILES string of the molecule is CC(C)=CCC[C@](C)(O[C@@H]1O[C@H](CO[C@@H]2OC[C@@H](O)[C@H](O)[C@H]2O)[C@@H](O)[C@H](O)[C@H]1O)[C@H]1CC[C@]2(C)[C@H]1CC[C@@H]1[C@@]3(C=O)CC[C@H](O[C@@H]4O[C@H](CO)[C@@H](O)[C@H](O)[C@H]4O[C@@H]4OC[C@H](O)[C@H](O)[C@H]4O)C(C)(C)[C@@H]3CC[C@]12C. The summed E-state index contributed by atoms with van der Waals surface area (Å²) in [4.78, 5) is 14.1. The number of carbonyl (C=O) groups excluding carboxylic acids is 1. The lowest BCUT2D eigenvalue weighted by molar-refractivity contribution is -0.370. The average Bonchev–Trinajstić information content (AvgIpc) is 3.72. The van der Waals surface area contributed by atoms with Crippen molar-refractivity contribution in [2.45, 2.75) is 235 Å². The van der Waals surface area contributed by atoms with Gasteiger partial charge in [-0.3, -0.25) is 0 Å². The van der Waals surface area contributed by atoms with E-state index in [1.807, 2.05) is 20.8 Å². The first-order chi connectivity index (χ1) is 34.3. The number of hydrogen-bond acceptors (Lipinski definition) is 21. The van der Waals surface area contributed by atoms with E-state index in [0.29, 0.717) is 32.1 Å². The second-order valence-electron chi connectivity index (χ2n) is 24.4. The Morgan fingerprint density at radius 1 is 0.630 bits per heavy atom. The minimum absolute atomic E-state index is 0.00396. The van der Waals surface area contributed by atoms with Crippen molar-refractivity contribution in [1.82, 2.24) is 0 Å². The highest BCUT2D eigenvalue weighted by atomic mass is 16.8. The number of aliphatic hydroxyl groups excluding tert-OH is 12. The monoisotopic (exact) mass is 1050 g/mol. The summed E-state index contributed by atoms with van der Waals surface area (Å²) >= 11 is 0. The second kappa shape index (κ2) is 22.0. The van der Waals surface area contributed by atoms with E-state index in [-0.39, 0.29) is 47.7 Å². The normalized spacial score (nSPS) is 51.7. The zero-order valence-electron chi connectivity index (χ0n) is 43.4. The van der Waals surface area contributed by atoms with E-state index in [1.165, 1.54) is 6.29 Å². The van der Waals surface area contributed by atoms with Crippen LogP contribution in [0.3, 0.4) is 0 Å². The number of aliphatic hydroxyl groups is 12. The Kier molecular flexibility index (Phi) is 17.4. The smallest absolute Gasteiger partial charge is 0.187 e. The number of allylic oxidation sites excluding steroid dienone is 2. The summed E-state index contributed by atoms with van der Waals surface area (Å²) in [7, 11) is 0. The van der Waals surface area contributed by atoms with Crippen molar-refractivity contribution in [2.75, 3.05) is 26.4 Å². The minimum Gasteiger partial charge on any atom is -0.394 e. The molecule has 0 unspecified atom stereocenters. The summed E-state index contributed by atoms with van der Waals surface area (Å²) in [6.07, 6.45) is -17.3. The van der Waals surface area contributed by atoms with Gasteiger partial charge < -0.3 is 104 Å². The molecule has 420 valence electrons. The van der Waals surface area contributed by atoms with Crippen LogP contribution in [0.5, 0.6) is 0 Å². The van der Waals surface area contributed by atoms with Crippen molar-refractivity contribution in [3.05, 3.63) is 11.6 Å². The van der Waals surface area contributed by atoms with E-state index in [9.17, 15) is 66.1 Å². The molecule has 21 nitrogen and oxygen atoms in total. The highest BCUT2D eigenvalue weighted by Gasteiger charge is 2.71. The Hall–Kier alpha value is -1.39. The van der Waals surface area contributed by atoms with Crippen LogP contribution in [0.1, 0.15) is 113 Å². The third-order valence-corrected chi connectivity index (χ3v) is 19.9. The summed E-state index contributed by atoms with van der Waals surface area (Å²) in [6.45, 7) is 13.2. The number of fused-ring (bicyclic) bond motifs is 5. The van der Waals surface area contributed by atoms with Crippen LogP contribution in [0.2, 0.25) is 0 Å². The lowest BCUT2D eigenvalue weighted by Crippen LogP contribution is -2.67. The Bertz CT molecular complexity index is 1910. The highest BCUT2D eigenvalue weighted by molar-refractivity contribution is 5.62.